The summed E-state index contributed by atoms with van der Waals surface area (Å²) in [6.45, 7) is 3.32. The maximum absolute atomic E-state index is 12.0. The molecule has 0 bridgehead atoms. The molecular formula is C17H16BrN3O4S. The average molecular weight is 438 g/mol. The largest absolute Gasteiger partial charge is 0.483 e. The number of nitro groups is 1. The first-order valence-corrected chi connectivity index (χ1v) is 8.72. The Hall–Kier alpha value is -2.52. The van der Waals surface area contributed by atoms with Crippen molar-refractivity contribution in [3.8, 4) is 5.75 Å². The van der Waals surface area contributed by atoms with Crippen molar-refractivity contribution in [3.05, 3.63) is 62.1 Å². The van der Waals surface area contributed by atoms with E-state index in [9.17, 15) is 14.9 Å². The van der Waals surface area contributed by atoms with Crippen molar-refractivity contribution in [1.29, 1.82) is 0 Å². The summed E-state index contributed by atoms with van der Waals surface area (Å²) < 4.78 is 6.19. The van der Waals surface area contributed by atoms with E-state index < -0.39 is 10.8 Å². The predicted octanol–water partition coefficient (Wildman–Crippen LogP) is 3.87. The molecule has 0 radical (unpaired) electrons. The molecule has 136 valence electrons. The molecule has 2 aromatic carbocycles. The van der Waals surface area contributed by atoms with Gasteiger partial charge in [0.05, 0.1) is 20.6 Å². The van der Waals surface area contributed by atoms with Crippen LogP contribution in [0.15, 0.2) is 40.9 Å². The Balaban J connectivity index is 1.92. The van der Waals surface area contributed by atoms with Crippen LogP contribution in [-0.2, 0) is 4.79 Å². The Morgan fingerprint density at radius 2 is 2.04 bits per heavy atom. The van der Waals surface area contributed by atoms with E-state index in [2.05, 4.69) is 26.6 Å². The second-order valence-corrected chi connectivity index (χ2v) is 6.69. The van der Waals surface area contributed by atoms with Crippen LogP contribution in [0.2, 0.25) is 0 Å². The Kier molecular flexibility index (Phi) is 6.64. The summed E-state index contributed by atoms with van der Waals surface area (Å²) in [5.74, 6) is 0.0946. The van der Waals surface area contributed by atoms with Gasteiger partial charge in [0.1, 0.15) is 5.75 Å². The van der Waals surface area contributed by atoms with E-state index in [1.807, 2.05) is 19.1 Å². The lowest BCUT2D eigenvalue weighted by atomic mass is 10.1. The molecule has 2 N–H and O–H groups in total. The van der Waals surface area contributed by atoms with Crippen molar-refractivity contribution in [2.75, 3.05) is 11.9 Å². The molecule has 9 heteroatoms. The summed E-state index contributed by atoms with van der Waals surface area (Å²) in [5.41, 5.74) is 1.91. The Morgan fingerprint density at radius 3 is 2.69 bits per heavy atom. The number of hydrogen-bond acceptors (Lipinski definition) is 5. The number of carbonyl (C=O) groups excluding carboxylic acids is 1. The zero-order chi connectivity index (χ0) is 19.3. The molecule has 0 aliphatic rings. The number of anilines is 1. The van der Waals surface area contributed by atoms with Gasteiger partial charge in [-0.2, -0.15) is 0 Å². The first-order chi connectivity index (χ1) is 12.3. The van der Waals surface area contributed by atoms with Gasteiger partial charge >= 0.3 is 0 Å². The van der Waals surface area contributed by atoms with E-state index in [4.69, 9.17) is 17.0 Å². The van der Waals surface area contributed by atoms with Crippen LogP contribution < -0.4 is 15.4 Å². The third kappa shape index (κ3) is 5.24. The zero-order valence-corrected chi connectivity index (χ0v) is 16.4. The van der Waals surface area contributed by atoms with Crippen LogP contribution in [0.3, 0.4) is 0 Å². The number of benzene rings is 2. The van der Waals surface area contributed by atoms with Crippen LogP contribution in [-0.4, -0.2) is 22.5 Å². The molecule has 7 nitrogen and oxygen atoms in total. The van der Waals surface area contributed by atoms with Crippen LogP contribution in [0.25, 0.3) is 0 Å². The average Bonchev–Trinajstić information content (AvgIpc) is 2.55. The van der Waals surface area contributed by atoms with Crippen LogP contribution in [0, 0.1) is 24.0 Å². The van der Waals surface area contributed by atoms with E-state index >= 15 is 0 Å². The highest BCUT2D eigenvalue weighted by molar-refractivity contribution is 9.10. The second-order valence-electron chi connectivity index (χ2n) is 5.43. The van der Waals surface area contributed by atoms with Gasteiger partial charge in [0.2, 0.25) is 0 Å². The molecule has 0 aliphatic heterocycles. The minimum atomic E-state index is -0.477. The van der Waals surface area contributed by atoms with Crippen LogP contribution >= 0.6 is 28.1 Å². The van der Waals surface area contributed by atoms with Gasteiger partial charge in [-0.1, -0.05) is 12.1 Å². The van der Waals surface area contributed by atoms with Crippen molar-refractivity contribution in [1.82, 2.24) is 5.32 Å². The Labute approximate surface area is 164 Å². The van der Waals surface area contributed by atoms with Gasteiger partial charge in [0.15, 0.2) is 11.7 Å². The van der Waals surface area contributed by atoms with E-state index in [-0.39, 0.29) is 17.4 Å². The molecule has 2 rings (SSSR count). The number of carbonyl (C=O) groups is 1. The molecule has 26 heavy (non-hydrogen) atoms. The van der Waals surface area contributed by atoms with E-state index in [0.29, 0.717) is 17.0 Å². The molecule has 0 spiro atoms. The van der Waals surface area contributed by atoms with Crippen molar-refractivity contribution >= 4 is 50.5 Å². The van der Waals surface area contributed by atoms with Crippen molar-refractivity contribution in [3.63, 3.8) is 0 Å². The Bertz CT molecular complexity index is 873. The molecule has 0 aromatic heterocycles. The first kappa shape index (κ1) is 19.8. The number of nitrogens with zero attached hydrogens (tertiary/aromatic N) is 1. The monoisotopic (exact) mass is 437 g/mol. The summed E-state index contributed by atoms with van der Waals surface area (Å²) in [5, 5.41) is 16.3. The number of thiocarbonyl (C=S) groups is 1. The summed E-state index contributed by atoms with van der Waals surface area (Å²) in [6.07, 6.45) is 0. The normalized spacial score (nSPS) is 10.1. The predicted molar refractivity (Wildman–Crippen MR) is 107 cm³/mol. The van der Waals surface area contributed by atoms with E-state index in [1.54, 1.807) is 19.1 Å². The van der Waals surface area contributed by atoms with E-state index in [1.165, 1.54) is 12.1 Å². The van der Waals surface area contributed by atoms with E-state index in [0.717, 1.165) is 10.0 Å². The van der Waals surface area contributed by atoms with Crippen molar-refractivity contribution in [2.24, 2.45) is 0 Å². The number of aryl methyl sites for hydroxylation is 1. The fourth-order valence-corrected chi connectivity index (χ4v) is 2.97. The van der Waals surface area contributed by atoms with Crippen LogP contribution in [0.4, 0.5) is 11.4 Å². The summed E-state index contributed by atoms with van der Waals surface area (Å²) in [6, 6.07) is 10.1. The standard InChI is InChI=1S/C17H16BrN3O4S/c1-10-6-7-15(12(18)8-10)25-9-16(22)20-17(26)19-13-4-3-5-14(11(13)2)21(23)24/h3-8H,9H2,1-2H3,(H2,19,20,22,26). The number of nitrogens with one attached hydrogen (secondary N) is 2. The highest BCUT2D eigenvalue weighted by Crippen LogP contribution is 2.26. The molecule has 0 fully saturated rings. The van der Waals surface area contributed by atoms with Gasteiger partial charge in [-0.3, -0.25) is 20.2 Å². The van der Waals surface area contributed by atoms with Gasteiger partial charge in [-0.05, 0) is 65.8 Å². The third-order valence-electron chi connectivity index (χ3n) is 3.45. The Morgan fingerprint density at radius 1 is 1.31 bits per heavy atom. The fourth-order valence-electron chi connectivity index (χ4n) is 2.14. The molecule has 0 unspecified atom stereocenters. The third-order valence-corrected chi connectivity index (χ3v) is 4.27. The highest BCUT2D eigenvalue weighted by Gasteiger charge is 2.14. The quantitative estimate of drug-likeness (QED) is 0.418. The smallest absolute Gasteiger partial charge is 0.274 e. The topological polar surface area (TPSA) is 93.5 Å². The first-order valence-electron chi connectivity index (χ1n) is 7.51. The van der Waals surface area contributed by atoms with Gasteiger partial charge in [-0.25, -0.2) is 0 Å². The SMILES string of the molecule is Cc1ccc(OCC(=O)NC(=S)Nc2cccc([N+](=O)[O-])c2C)c(Br)c1. The van der Waals surface area contributed by atoms with Crippen LogP contribution in [0.1, 0.15) is 11.1 Å². The van der Waals surface area contributed by atoms with Gasteiger partial charge in [-0.15, -0.1) is 0 Å². The summed E-state index contributed by atoms with van der Waals surface area (Å²) >= 11 is 8.45. The van der Waals surface area contributed by atoms with Crippen LogP contribution in [0.5, 0.6) is 5.75 Å². The number of nitro benzene ring substituents is 1. The number of rotatable bonds is 5. The van der Waals surface area contributed by atoms with Crippen molar-refractivity contribution in [2.45, 2.75) is 13.8 Å². The lowest BCUT2D eigenvalue weighted by molar-refractivity contribution is -0.385. The number of hydrogen-bond donors (Lipinski definition) is 2. The lowest BCUT2D eigenvalue weighted by Crippen LogP contribution is -2.37. The fraction of sp³-hybridized carbons (Fsp3) is 0.176. The zero-order valence-electron chi connectivity index (χ0n) is 14.0. The number of amides is 1. The number of halogens is 1. The minimum Gasteiger partial charge on any atom is -0.483 e. The summed E-state index contributed by atoms with van der Waals surface area (Å²) in [7, 11) is 0. The second kappa shape index (κ2) is 8.72. The lowest BCUT2D eigenvalue weighted by Gasteiger charge is -2.12. The molecule has 0 saturated heterocycles. The van der Waals surface area contributed by atoms with Gasteiger partial charge in [0, 0.05) is 6.07 Å². The number of ether oxygens (including phenoxy) is 1. The molecule has 2 aromatic rings. The van der Waals surface area contributed by atoms with Crippen molar-refractivity contribution < 1.29 is 14.5 Å². The van der Waals surface area contributed by atoms with Gasteiger partial charge in [0.25, 0.3) is 11.6 Å². The molecule has 0 heterocycles. The molecule has 0 saturated carbocycles. The minimum absolute atomic E-state index is 0.0309. The molecule has 0 aliphatic carbocycles. The molecular weight excluding hydrogens is 422 g/mol. The maximum Gasteiger partial charge on any atom is 0.274 e. The molecule has 0 atom stereocenters. The van der Waals surface area contributed by atoms with Gasteiger partial charge < -0.3 is 10.1 Å². The maximum atomic E-state index is 12.0. The highest BCUT2D eigenvalue weighted by atomic mass is 79.9. The summed E-state index contributed by atoms with van der Waals surface area (Å²) in [4.78, 5) is 22.5. The molecule has 1 amide bonds.